The fraction of sp³-hybridized carbons (Fsp3) is 0.560. The lowest BCUT2D eigenvalue weighted by Gasteiger charge is -2.55. The molecule has 0 bridgehead atoms. The maximum atomic E-state index is 13.3. The number of Topliss-reactive ketones (excluding diaryl/α,β-unsaturated/α-hetero) is 1. The van der Waals surface area contributed by atoms with Gasteiger partial charge in [-0.05, 0) is 56.7 Å². The van der Waals surface area contributed by atoms with Gasteiger partial charge < -0.3 is 9.47 Å². The number of carbonyl (C=O) groups is 1. The Bertz CT molecular complexity index is 933. The van der Waals surface area contributed by atoms with E-state index in [1.807, 2.05) is 12.1 Å². The van der Waals surface area contributed by atoms with Crippen molar-refractivity contribution in [1.29, 1.82) is 0 Å². The lowest BCUT2D eigenvalue weighted by atomic mass is 9.57. The summed E-state index contributed by atoms with van der Waals surface area (Å²) < 4.78 is 13.1. The van der Waals surface area contributed by atoms with Gasteiger partial charge in [-0.2, -0.15) is 0 Å². The molecule has 3 nitrogen and oxygen atoms in total. The van der Waals surface area contributed by atoms with E-state index >= 15 is 0 Å². The molecule has 4 aliphatic rings. The van der Waals surface area contributed by atoms with Gasteiger partial charge in [0.2, 0.25) is 0 Å². The molecule has 5 rings (SSSR count). The lowest BCUT2D eigenvalue weighted by molar-refractivity contribution is -0.127. The van der Waals surface area contributed by atoms with E-state index < -0.39 is 0 Å². The Balaban J connectivity index is 1.72. The topological polar surface area (TPSA) is 35.5 Å². The zero-order chi connectivity index (χ0) is 19.9. The van der Waals surface area contributed by atoms with Gasteiger partial charge in [-0.3, -0.25) is 4.79 Å². The molecule has 0 radical (unpaired) electrons. The van der Waals surface area contributed by atoms with E-state index in [0.29, 0.717) is 12.3 Å². The molecule has 1 fully saturated rings. The fourth-order valence-electron chi connectivity index (χ4n) is 5.96. The average Bonchev–Trinajstić information content (AvgIpc) is 2.57. The Labute approximate surface area is 167 Å². The summed E-state index contributed by atoms with van der Waals surface area (Å²) in [6.07, 6.45) is 5.68. The molecule has 3 heteroatoms. The quantitative estimate of drug-likeness (QED) is 0.581. The van der Waals surface area contributed by atoms with Gasteiger partial charge >= 0.3 is 0 Å². The van der Waals surface area contributed by atoms with E-state index in [1.165, 1.54) is 5.57 Å². The Hall–Kier alpha value is -2.03. The van der Waals surface area contributed by atoms with Crippen LogP contribution in [0.15, 0.2) is 41.2 Å². The van der Waals surface area contributed by atoms with Crippen LogP contribution >= 0.6 is 0 Å². The molecule has 0 spiro atoms. The van der Waals surface area contributed by atoms with E-state index in [9.17, 15) is 4.79 Å². The summed E-state index contributed by atoms with van der Waals surface area (Å²) in [4.78, 5) is 13.3. The molecule has 148 valence electrons. The minimum atomic E-state index is -0.353. The van der Waals surface area contributed by atoms with Crippen molar-refractivity contribution in [3.8, 4) is 5.75 Å². The van der Waals surface area contributed by atoms with E-state index in [2.05, 4.69) is 52.8 Å². The minimum Gasteiger partial charge on any atom is -0.491 e. The monoisotopic (exact) mass is 378 g/mol. The van der Waals surface area contributed by atoms with Crippen LogP contribution in [-0.4, -0.2) is 17.0 Å². The fourth-order valence-corrected chi connectivity index (χ4v) is 5.96. The normalized spacial score (nSPS) is 34.8. The van der Waals surface area contributed by atoms with E-state index in [-0.39, 0.29) is 28.3 Å². The van der Waals surface area contributed by atoms with E-state index in [0.717, 1.165) is 41.9 Å². The smallest absolute Gasteiger partial charge is 0.163 e. The van der Waals surface area contributed by atoms with E-state index in [4.69, 9.17) is 9.47 Å². The van der Waals surface area contributed by atoms with Crippen molar-refractivity contribution in [2.45, 2.75) is 71.5 Å². The third-order valence-corrected chi connectivity index (χ3v) is 7.31. The predicted octanol–water partition coefficient (Wildman–Crippen LogP) is 5.70. The highest BCUT2D eigenvalue weighted by Crippen LogP contribution is 2.58. The summed E-state index contributed by atoms with van der Waals surface area (Å²) in [6, 6.07) is 8.23. The van der Waals surface area contributed by atoms with Crippen LogP contribution < -0.4 is 4.74 Å². The molecule has 28 heavy (non-hydrogen) atoms. The number of ketones is 1. The van der Waals surface area contributed by atoms with Crippen LogP contribution in [0.3, 0.4) is 0 Å². The molecular formula is C25H30O3. The zero-order valence-electron chi connectivity index (χ0n) is 17.6. The molecule has 2 heterocycles. The summed E-state index contributed by atoms with van der Waals surface area (Å²) in [7, 11) is 0. The van der Waals surface area contributed by atoms with Crippen molar-refractivity contribution in [3.05, 3.63) is 46.7 Å². The SMILES string of the molecule is CC1(C)CC(=O)C2=C(C1)OC(C)(C)[C@@H]1CC[C@]3(C)Oc4ccccc4C=C3[C@H]21. The van der Waals surface area contributed by atoms with Crippen LogP contribution in [0, 0.1) is 17.3 Å². The van der Waals surface area contributed by atoms with Crippen molar-refractivity contribution in [2.75, 3.05) is 0 Å². The van der Waals surface area contributed by atoms with Gasteiger partial charge in [-0.1, -0.05) is 32.0 Å². The molecule has 3 atom stereocenters. The largest absolute Gasteiger partial charge is 0.491 e. The van der Waals surface area contributed by atoms with Crippen molar-refractivity contribution in [2.24, 2.45) is 17.3 Å². The number of hydrogen-bond donors (Lipinski definition) is 0. The first-order chi connectivity index (χ1) is 13.1. The van der Waals surface area contributed by atoms with Crippen LogP contribution in [-0.2, 0) is 9.53 Å². The number of benzene rings is 1. The van der Waals surface area contributed by atoms with Crippen molar-refractivity contribution in [1.82, 2.24) is 0 Å². The van der Waals surface area contributed by atoms with Gasteiger partial charge in [0.1, 0.15) is 22.7 Å². The highest BCUT2D eigenvalue weighted by Gasteiger charge is 2.57. The molecular weight excluding hydrogens is 348 g/mol. The molecule has 0 amide bonds. The van der Waals surface area contributed by atoms with E-state index in [1.54, 1.807) is 0 Å². The van der Waals surface area contributed by atoms with Gasteiger partial charge in [0.15, 0.2) is 5.78 Å². The van der Waals surface area contributed by atoms with Gasteiger partial charge in [-0.25, -0.2) is 0 Å². The van der Waals surface area contributed by atoms with Crippen LogP contribution in [0.5, 0.6) is 5.75 Å². The first-order valence-electron chi connectivity index (χ1n) is 10.6. The van der Waals surface area contributed by atoms with Crippen LogP contribution in [0.4, 0.5) is 0 Å². The second-order valence-corrected chi connectivity index (χ2v) is 10.6. The second-order valence-electron chi connectivity index (χ2n) is 10.6. The Morgan fingerprint density at radius 2 is 1.75 bits per heavy atom. The molecule has 1 aromatic rings. The van der Waals surface area contributed by atoms with Crippen LogP contribution in [0.2, 0.25) is 0 Å². The number of hydrogen-bond acceptors (Lipinski definition) is 3. The summed E-state index contributed by atoms with van der Waals surface area (Å²) >= 11 is 0. The number of carbonyl (C=O) groups excluding carboxylic acids is 1. The zero-order valence-corrected chi connectivity index (χ0v) is 17.6. The second kappa shape index (κ2) is 5.52. The maximum Gasteiger partial charge on any atom is 0.163 e. The minimum absolute atomic E-state index is 0.0408. The first-order valence-corrected chi connectivity index (χ1v) is 10.6. The highest BCUT2D eigenvalue weighted by molar-refractivity contribution is 5.99. The summed E-state index contributed by atoms with van der Waals surface area (Å²) in [5.74, 6) is 2.53. The molecule has 2 aliphatic carbocycles. The Morgan fingerprint density at radius 3 is 2.54 bits per heavy atom. The van der Waals surface area contributed by atoms with Gasteiger partial charge in [0.25, 0.3) is 0 Å². The van der Waals surface area contributed by atoms with Crippen LogP contribution in [0.25, 0.3) is 6.08 Å². The maximum absolute atomic E-state index is 13.3. The van der Waals surface area contributed by atoms with Crippen molar-refractivity contribution < 1.29 is 14.3 Å². The Morgan fingerprint density at radius 1 is 1.00 bits per heavy atom. The number of fused-ring (bicyclic) bond motifs is 5. The molecule has 0 saturated heterocycles. The number of rotatable bonds is 0. The third-order valence-electron chi connectivity index (χ3n) is 7.31. The predicted molar refractivity (Wildman–Crippen MR) is 110 cm³/mol. The highest BCUT2D eigenvalue weighted by atomic mass is 16.5. The average molecular weight is 379 g/mol. The number of ether oxygens (including phenoxy) is 2. The molecule has 2 aliphatic heterocycles. The molecule has 0 unspecified atom stereocenters. The molecule has 1 aromatic carbocycles. The van der Waals surface area contributed by atoms with Crippen molar-refractivity contribution >= 4 is 11.9 Å². The summed E-state index contributed by atoms with van der Waals surface area (Å²) in [6.45, 7) is 10.9. The van der Waals surface area contributed by atoms with Gasteiger partial charge in [0, 0.05) is 35.8 Å². The summed E-state index contributed by atoms with van der Waals surface area (Å²) in [5.41, 5.74) is 2.64. The molecule has 1 saturated carbocycles. The van der Waals surface area contributed by atoms with Crippen LogP contribution in [0.1, 0.15) is 65.9 Å². The number of para-hydroxylation sites is 1. The third kappa shape index (κ3) is 2.51. The van der Waals surface area contributed by atoms with Gasteiger partial charge in [-0.15, -0.1) is 0 Å². The Kier molecular flexibility index (Phi) is 3.56. The standard InChI is InChI=1S/C25H30O3/c1-23(2)13-18(26)22-20(14-23)27-24(3,4)16-10-11-25(5)17(21(16)22)12-15-8-6-7-9-19(15)28-25/h6-9,12,16,21H,10-11,13-14H2,1-5H3/t16-,21-,25+/m1/s1. The van der Waals surface area contributed by atoms with Crippen molar-refractivity contribution in [3.63, 3.8) is 0 Å². The first kappa shape index (κ1) is 18.0. The van der Waals surface area contributed by atoms with Gasteiger partial charge in [0.05, 0.1) is 0 Å². The number of allylic oxidation sites excluding steroid dienone is 2. The molecule has 0 aromatic heterocycles. The summed E-state index contributed by atoms with van der Waals surface area (Å²) in [5, 5.41) is 0. The molecule has 0 N–H and O–H groups in total. The lowest BCUT2D eigenvalue weighted by Crippen LogP contribution is -2.55.